The van der Waals surface area contributed by atoms with E-state index in [1.807, 2.05) is 31.2 Å². The number of amides is 3. The molecule has 0 aliphatic carbocycles. The summed E-state index contributed by atoms with van der Waals surface area (Å²) in [5.74, 6) is -0.883. The van der Waals surface area contributed by atoms with Crippen molar-refractivity contribution in [2.24, 2.45) is 0 Å². The largest absolute Gasteiger partial charge is 0.325 e. The molecule has 1 fully saturated rings. The molecule has 2 aliphatic rings. The van der Waals surface area contributed by atoms with Gasteiger partial charge in [-0.05, 0) is 60.6 Å². The topological polar surface area (TPSA) is 104 Å². The molecule has 4 rings (SSSR count). The van der Waals surface area contributed by atoms with Crippen LogP contribution in [-0.4, -0.2) is 49.9 Å². The zero-order chi connectivity index (χ0) is 25.9. The summed E-state index contributed by atoms with van der Waals surface area (Å²) in [5, 5.41) is 2.74. The number of anilines is 1. The van der Waals surface area contributed by atoms with E-state index in [4.69, 9.17) is 0 Å². The number of nitrogens with zero attached hydrogens (tertiary/aromatic N) is 2. The number of carbonyl (C=O) groups is 3. The predicted octanol–water partition coefficient (Wildman–Crippen LogP) is 3.34. The van der Waals surface area contributed by atoms with Gasteiger partial charge in [-0.3, -0.25) is 18.8 Å². The van der Waals surface area contributed by atoms with Gasteiger partial charge in [0.05, 0.1) is 18.5 Å². The molecule has 186 valence electrons. The van der Waals surface area contributed by atoms with E-state index in [9.17, 15) is 22.8 Å². The SMILES string of the molecule is C[C@@H]1Cc2cc(C(=O)CN3C(=O)N[C@](C)(c4ccc(C(C)(C)C)cc4)C3=O)ccc2N1S(C)(=O)=O. The van der Waals surface area contributed by atoms with Crippen molar-refractivity contribution < 1.29 is 22.8 Å². The van der Waals surface area contributed by atoms with Gasteiger partial charge >= 0.3 is 6.03 Å². The molecule has 2 heterocycles. The summed E-state index contributed by atoms with van der Waals surface area (Å²) < 4.78 is 25.6. The Morgan fingerprint density at radius 1 is 1.11 bits per heavy atom. The summed E-state index contributed by atoms with van der Waals surface area (Å²) in [6, 6.07) is 11.5. The van der Waals surface area contributed by atoms with Gasteiger partial charge in [-0.1, -0.05) is 45.0 Å². The molecule has 1 N–H and O–H groups in total. The van der Waals surface area contributed by atoms with Crippen LogP contribution in [0.5, 0.6) is 0 Å². The Labute approximate surface area is 206 Å². The highest BCUT2D eigenvalue weighted by Crippen LogP contribution is 2.35. The Morgan fingerprint density at radius 3 is 2.31 bits per heavy atom. The Kier molecular flexibility index (Phi) is 5.83. The number of hydrogen-bond acceptors (Lipinski definition) is 5. The quantitative estimate of drug-likeness (QED) is 0.504. The zero-order valence-corrected chi connectivity index (χ0v) is 21.7. The number of imide groups is 1. The van der Waals surface area contributed by atoms with Crippen LogP contribution in [0.15, 0.2) is 42.5 Å². The van der Waals surface area contributed by atoms with Crippen molar-refractivity contribution in [3.05, 3.63) is 64.7 Å². The third-order valence-corrected chi connectivity index (χ3v) is 8.09. The van der Waals surface area contributed by atoms with Crippen LogP contribution < -0.4 is 9.62 Å². The summed E-state index contributed by atoms with van der Waals surface area (Å²) >= 11 is 0. The molecule has 0 unspecified atom stereocenters. The minimum atomic E-state index is -3.44. The van der Waals surface area contributed by atoms with Crippen LogP contribution in [0.2, 0.25) is 0 Å². The van der Waals surface area contributed by atoms with Crippen molar-refractivity contribution in [3.8, 4) is 0 Å². The van der Waals surface area contributed by atoms with Crippen molar-refractivity contribution >= 4 is 33.4 Å². The lowest BCUT2D eigenvalue weighted by atomic mass is 9.84. The number of Topliss-reactive ketones (excluding diaryl/α,β-unsaturated/α-hetero) is 1. The number of ketones is 1. The number of sulfonamides is 1. The molecular formula is C26H31N3O5S. The second-order valence-corrected chi connectivity index (χ2v) is 12.5. The third kappa shape index (κ3) is 4.33. The van der Waals surface area contributed by atoms with E-state index in [-0.39, 0.29) is 11.5 Å². The second-order valence-electron chi connectivity index (χ2n) is 10.7. The molecule has 0 radical (unpaired) electrons. The fourth-order valence-corrected chi connectivity index (χ4v) is 6.12. The number of rotatable bonds is 5. The summed E-state index contributed by atoms with van der Waals surface area (Å²) in [6.07, 6.45) is 1.64. The average Bonchev–Trinajstić information content (AvgIpc) is 3.21. The van der Waals surface area contributed by atoms with Crippen molar-refractivity contribution in [3.63, 3.8) is 0 Å². The summed E-state index contributed by atoms with van der Waals surface area (Å²) in [7, 11) is -3.44. The van der Waals surface area contributed by atoms with E-state index in [0.717, 1.165) is 22.3 Å². The molecule has 9 heteroatoms. The monoisotopic (exact) mass is 497 g/mol. The fourth-order valence-electron chi connectivity index (χ4n) is 4.86. The lowest BCUT2D eigenvalue weighted by Crippen LogP contribution is -2.41. The molecule has 0 saturated carbocycles. The van der Waals surface area contributed by atoms with Crippen LogP contribution in [0.3, 0.4) is 0 Å². The number of urea groups is 1. The van der Waals surface area contributed by atoms with Gasteiger partial charge in [0.25, 0.3) is 5.91 Å². The van der Waals surface area contributed by atoms with Gasteiger partial charge in [0.1, 0.15) is 5.54 Å². The van der Waals surface area contributed by atoms with Gasteiger partial charge in [0.15, 0.2) is 5.78 Å². The van der Waals surface area contributed by atoms with Gasteiger partial charge in [-0.25, -0.2) is 13.2 Å². The maximum atomic E-state index is 13.3. The fraction of sp³-hybridized carbons (Fsp3) is 0.423. The molecule has 2 atom stereocenters. The first-order valence-corrected chi connectivity index (χ1v) is 13.4. The van der Waals surface area contributed by atoms with Crippen LogP contribution in [0.4, 0.5) is 10.5 Å². The van der Waals surface area contributed by atoms with Gasteiger partial charge in [-0.2, -0.15) is 0 Å². The van der Waals surface area contributed by atoms with Gasteiger partial charge in [0.2, 0.25) is 10.0 Å². The Hall–Kier alpha value is -3.20. The van der Waals surface area contributed by atoms with E-state index in [0.29, 0.717) is 23.2 Å². The van der Waals surface area contributed by atoms with Crippen LogP contribution in [-0.2, 0) is 32.2 Å². The van der Waals surface area contributed by atoms with Crippen LogP contribution in [0.25, 0.3) is 0 Å². The highest BCUT2D eigenvalue weighted by atomic mass is 32.2. The van der Waals surface area contributed by atoms with E-state index in [1.165, 1.54) is 4.31 Å². The molecule has 2 aromatic carbocycles. The molecule has 2 aromatic rings. The molecule has 2 aliphatic heterocycles. The number of fused-ring (bicyclic) bond motifs is 1. The molecule has 0 spiro atoms. The Balaban J connectivity index is 1.55. The molecule has 0 aromatic heterocycles. The number of nitrogens with one attached hydrogen (secondary N) is 1. The number of hydrogen-bond donors (Lipinski definition) is 1. The van der Waals surface area contributed by atoms with E-state index >= 15 is 0 Å². The second kappa shape index (κ2) is 8.19. The highest BCUT2D eigenvalue weighted by molar-refractivity contribution is 7.92. The number of benzene rings is 2. The minimum absolute atomic E-state index is 0.0488. The number of carbonyl (C=O) groups excluding carboxylic acids is 3. The van der Waals surface area contributed by atoms with Crippen molar-refractivity contribution in [1.82, 2.24) is 10.2 Å². The first-order chi connectivity index (χ1) is 16.1. The Morgan fingerprint density at radius 2 is 1.74 bits per heavy atom. The normalized spacial score (nSPS) is 22.4. The molecular weight excluding hydrogens is 466 g/mol. The maximum Gasteiger partial charge on any atom is 0.325 e. The highest BCUT2D eigenvalue weighted by Gasteiger charge is 2.49. The van der Waals surface area contributed by atoms with Crippen LogP contribution in [0.1, 0.15) is 61.7 Å². The predicted molar refractivity (Wildman–Crippen MR) is 134 cm³/mol. The van der Waals surface area contributed by atoms with Crippen molar-refractivity contribution in [2.45, 2.75) is 58.0 Å². The maximum absolute atomic E-state index is 13.3. The summed E-state index contributed by atoms with van der Waals surface area (Å²) in [4.78, 5) is 40.0. The summed E-state index contributed by atoms with van der Waals surface area (Å²) in [6.45, 7) is 9.34. The van der Waals surface area contributed by atoms with E-state index in [1.54, 1.807) is 25.1 Å². The van der Waals surface area contributed by atoms with Gasteiger partial charge in [-0.15, -0.1) is 0 Å². The van der Waals surface area contributed by atoms with E-state index in [2.05, 4.69) is 26.1 Å². The smallest absolute Gasteiger partial charge is 0.319 e. The lowest BCUT2D eigenvalue weighted by molar-refractivity contribution is -0.130. The lowest BCUT2D eigenvalue weighted by Gasteiger charge is -2.24. The zero-order valence-electron chi connectivity index (χ0n) is 20.9. The molecule has 3 amide bonds. The first-order valence-electron chi connectivity index (χ1n) is 11.5. The molecule has 8 nitrogen and oxygen atoms in total. The minimum Gasteiger partial charge on any atom is -0.319 e. The molecule has 35 heavy (non-hydrogen) atoms. The van der Waals surface area contributed by atoms with Crippen LogP contribution >= 0.6 is 0 Å². The standard InChI is InChI=1S/C26H31N3O5S/c1-16-13-18-14-17(7-12-21(18)29(16)35(6,33)34)22(30)15-28-23(31)26(5,27-24(28)32)20-10-8-19(9-11-20)25(2,3)4/h7-12,14,16H,13,15H2,1-6H3,(H,27,32)/t16-,26-/m1/s1. The molecule has 1 saturated heterocycles. The van der Waals surface area contributed by atoms with Gasteiger partial charge < -0.3 is 5.32 Å². The van der Waals surface area contributed by atoms with Gasteiger partial charge in [0, 0.05) is 11.6 Å². The van der Waals surface area contributed by atoms with E-state index < -0.39 is 39.8 Å². The Bertz CT molecular complexity index is 1330. The van der Waals surface area contributed by atoms with Crippen LogP contribution in [0, 0.1) is 0 Å². The van der Waals surface area contributed by atoms with Crippen molar-refractivity contribution in [2.75, 3.05) is 17.1 Å². The van der Waals surface area contributed by atoms with Crippen molar-refractivity contribution in [1.29, 1.82) is 0 Å². The summed E-state index contributed by atoms with van der Waals surface area (Å²) in [5.41, 5.74) is 2.06. The third-order valence-electron chi connectivity index (χ3n) is 6.82. The molecule has 0 bridgehead atoms. The average molecular weight is 498 g/mol. The first kappa shape index (κ1) is 24.9.